The predicted molar refractivity (Wildman–Crippen MR) is 78.6 cm³/mol. The largest absolute Gasteiger partial charge is 0.378 e. The number of nitrogens with one attached hydrogen (secondary N) is 1. The van der Waals surface area contributed by atoms with Gasteiger partial charge in [0.25, 0.3) is 0 Å². The summed E-state index contributed by atoms with van der Waals surface area (Å²) in [6, 6.07) is 8.32. The second-order valence-electron chi connectivity index (χ2n) is 5.04. The highest BCUT2D eigenvalue weighted by molar-refractivity contribution is 5.62. The molecule has 1 N–H and O–H groups in total. The van der Waals surface area contributed by atoms with Gasteiger partial charge in [-0.1, -0.05) is 0 Å². The Morgan fingerprint density at radius 2 is 1.95 bits per heavy atom. The van der Waals surface area contributed by atoms with Crippen molar-refractivity contribution in [3.8, 4) is 11.4 Å². The highest BCUT2D eigenvalue weighted by Gasteiger charge is 2.12. The molecule has 2 aromatic rings. The van der Waals surface area contributed by atoms with Crippen molar-refractivity contribution >= 4 is 11.5 Å². The Hall–Kier alpha value is -2.10. The van der Waals surface area contributed by atoms with E-state index in [-0.39, 0.29) is 0 Å². The number of fused-ring (bicyclic) bond motifs is 1. The predicted octanol–water partition coefficient (Wildman–Crippen LogP) is 2.57. The number of benzene rings is 1. The van der Waals surface area contributed by atoms with Crippen molar-refractivity contribution < 1.29 is 0 Å². The Balaban J connectivity index is 1.93. The van der Waals surface area contributed by atoms with E-state index in [0.717, 1.165) is 36.6 Å². The van der Waals surface area contributed by atoms with Crippen LogP contribution in [0.3, 0.4) is 0 Å². The third-order valence-electron chi connectivity index (χ3n) is 3.42. The molecule has 3 rings (SSSR count). The molecule has 0 spiro atoms. The Kier molecular flexibility index (Phi) is 3.07. The van der Waals surface area contributed by atoms with Crippen LogP contribution in [0.1, 0.15) is 12.0 Å². The molecule has 2 heterocycles. The maximum atomic E-state index is 4.62. The van der Waals surface area contributed by atoms with Crippen molar-refractivity contribution in [2.45, 2.75) is 12.8 Å². The molecule has 1 aromatic carbocycles. The zero-order valence-electron chi connectivity index (χ0n) is 11.3. The maximum absolute atomic E-state index is 4.62. The first-order valence-electron chi connectivity index (χ1n) is 6.61. The molecule has 19 heavy (non-hydrogen) atoms. The third-order valence-corrected chi connectivity index (χ3v) is 3.42. The van der Waals surface area contributed by atoms with E-state index >= 15 is 0 Å². The number of aryl methyl sites for hydroxylation is 1. The van der Waals surface area contributed by atoms with Crippen LogP contribution in [0.2, 0.25) is 0 Å². The Morgan fingerprint density at radius 3 is 2.68 bits per heavy atom. The van der Waals surface area contributed by atoms with Crippen LogP contribution >= 0.6 is 0 Å². The fourth-order valence-corrected chi connectivity index (χ4v) is 2.28. The van der Waals surface area contributed by atoms with Crippen LogP contribution in [-0.2, 0) is 6.42 Å². The molecule has 0 amide bonds. The number of hydrogen-bond donors (Lipinski definition) is 1. The van der Waals surface area contributed by atoms with E-state index in [2.05, 4.69) is 44.5 Å². The highest BCUT2D eigenvalue weighted by atomic mass is 15.1. The lowest BCUT2D eigenvalue weighted by Crippen LogP contribution is -2.14. The van der Waals surface area contributed by atoms with Crippen LogP contribution in [0.4, 0.5) is 11.5 Å². The molecule has 0 atom stereocenters. The van der Waals surface area contributed by atoms with Crippen molar-refractivity contribution in [1.29, 1.82) is 0 Å². The second-order valence-corrected chi connectivity index (χ2v) is 5.04. The lowest BCUT2D eigenvalue weighted by Gasteiger charge is -2.17. The van der Waals surface area contributed by atoms with Crippen molar-refractivity contribution in [2.24, 2.45) is 0 Å². The molecule has 1 aliphatic rings. The van der Waals surface area contributed by atoms with Gasteiger partial charge in [0.2, 0.25) is 0 Å². The molecule has 0 unspecified atom stereocenters. The summed E-state index contributed by atoms with van der Waals surface area (Å²) >= 11 is 0. The summed E-state index contributed by atoms with van der Waals surface area (Å²) < 4.78 is 0. The molecule has 98 valence electrons. The minimum Gasteiger partial charge on any atom is -0.378 e. The second kappa shape index (κ2) is 4.88. The number of nitrogens with zero attached hydrogens (tertiary/aromatic N) is 3. The average molecular weight is 254 g/mol. The lowest BCUT2D eigenvalue weighted by molar-refractivity contribution is 0.810. The number of aromatic nitrogens is 2. The van der Waals surface area contributed by atoms with E-state index in [1.807, 2.05) is 20.3 Å². The number of rotatable bonds is 2. The van der Waals surface area contributed by atoms with Crippen molar-refractivity contribution in [2.75, 3.05) is 30.9 Å². The quantitative estimate of drug-likeness (QED) is 0.894. The molecule has 1 aliphatic heterocycles. The first kappa shape index (κ1) is 12.0. The maximum Gasteiger partial charge on any atom is 0.161 e. The van der Waals surface area contributed by atoms with Gasteiger partial charge < -0.3 is 10.2 Å². The summed E-state index contributed by atoms with van der Waals surface area (Å²) in [5.41, 5.74) is 3.46. The van der Waals surface area contributed by atoms with E-state index in [1.54, 1.807) is 0 Å². The Bertz CT molecular complexity index is 575. The summed E-state index contributed by atoms with van der Waals surface area (Å²) in [5, 5.41) is 3.34. The Labute approximate surface area is 113 Å². The van der Waals surface area contributed by atoms with Crippen LogP contribution in [0, 0.1) is 0 Å². The van der Waals surface area contributed by atoms with Crippen molar-refractivity contribution in [3.05, 3.63) is 36.0 Å². The summed E-state index contributed by atoms with van der Waals surface area (Å²) in [6.45, 7) is 1.00. The zero-order chi connectivity index (χ0) is 13.2. The highest BCUT2D eigenvalue weighted by Crippen LogP contribution is 2.24. The van der Waals surface area contributed by atoms with Gasteiger partial charge in [-0.2, -0.15) is 0 Å². The number of hydrogen-bond acceptors (Lipinski definition) is 4. The van der Waals surface area contributed by atoms with Gasteiger partial charge in [0, 0.05) is 43.7 Å². The summed E-state index contributed by atoms with van der Waals surface area (Å²) in [6.07, 6.45) is 4.18. The minimum absolute atomic E-state index is 0.790. The summed E-state index contributed by atoms with van der Waals surface area (Å²) in [7, 11) is 4.07. The van der Waals surface area contributed by atoms with Gasteiger partial charge >= 0.3 is 0 Å². The van der Waals surface area contributed by atoms with Crippen molar-refractivity contribution in [1.82, 2.24) is 9.97 Å². The van der Waals surface area contributed by atoms with Gasteiger partial charge in [0.05, 0.1) is 0 Å². The molecular weight excluding hydrogens is 236 g/mol. The fraction of sp³-hybridized carbons (Fsp3) is 0.333. The van der Waals surface area contributed by atoms with E-state index in [1.165, 1.54) is 11.3 Å². The van der Waals surface area contributed by atoms with Gasteiger partial charge in [-0.15, -0.1) is 0 Å². The van der Waals surface area contributed by atoms with Gasteiger partial charge in [-0.05, 0) is 37.1 Å². The molecule has 0 bridgehead atoms. The van der Waals surface area contributed by atoms with E-state index in [9.17, 15) is 0 Å². The normalized spacial score (nSPS) is 13.6. The molecule has 4 heteroatoms. The van der Waals surface area contributed by atoms with Gasteiger partial charge in [0.15, 0.2) is 5.82 Å². The molecule has 1 aromatic heterocycles. The molecule has 0 aliphatic carbocycles. The van der Waals surface area contributed by atoms with E-state index in [4.69, 9.17) is 0 Å². The van der Waals surface area contributed by atoms with Gasteiger partial charge in [-0.25, -0.2) is 9.97 Å². The minimum atomic E-state index is 0.790. The molecule has 0 fully saturated rings. The van der Waals surface area contributed by atoms with Crippen LogP contribution < -0.4 is 10.2 Å². The Morgan fingerprint density at radius 1 is 1.16 bits per heavy atom. The average Bonchev–Trinajstić information content (AvgIpc) is 2.47. The van der Waals surface area contributed by atoms with E-state index in [0.29, 0.717) is 0 Å². The van der Waals surface area contributed by atoms with Crippen LogP contribution in [0.15, 0.2) is 30.5 Å². The molecule has 0 radical (unpaired) electrons. The third kappa shape index (κ3) is 2.38. The molecular formula is C15H18N4. The smallest absolute Gasteiger partial charge is 0.161 e. The van der Waals surface area contributed by atoms with Crippen LogP contribution in [-0.4, -0.2) is 30.6 Å². The summed E-state index contributed by atoms with van der Waals surface area (Å²) in [4.78, 5) is 11.2. The molecule has 0 saturated carbocycles. The SMILES string of the molecule is CN(C)c1ccc(-c2ncc3c(n2)NCCC3)cc1. The number of anilines is 2. The van der Waals surface area contributed by atoms with Crippen molar-refractivity contribution in [3.63, 3.8) is 0 Å². The molecule has 0 saturated heterocycles. The zero-order valence-corrected chi connectivity index (χ0v) is 11.3. The van der Waals surface area contributed by atoms with Crippen LogP contribution in [0.25, 0.3) is 11.4 Å². The van der Waals surface area contributed by atoms with Crippen LogP contribution in [0.5, 0.6) is 0 Å². The monoisotopic (exact) mass is 254 g/mol. The first-order chi connectivity index (χ1) is 9.24. The van der Waals surface area contributed by atoms with E-state index < -0.39 is 0 Å². The standard InChI is InChI=1S/C15H18N4/c1-19(2)13-7-5-11(6-8-13)14-17-10-12-4-3-9-16-15(12)18-14/h5-8,10H,3-4,9H2,1-2H3,(H,16,17,18). The fourth-order valence-electron chi connectivity index (χ4n) is 2.28. The first-order valence-corrected chi connectivity index (χ1v) is 6.61. The lowest BCUT2D eigenvalue weighted by atomic mass is 10.1. The topological polar surface area (TPSA) is 41.1 Å². The summed E-state index contributed by atoms with van der Waals surface area (Å²) in [5.74, 6) is 1.78. The van der Waals surface area contributed by atoms with Gasteiger partial charge in [-0.3, -0.25) is 0 Å². The van der Waals surface area contributed by atoms with Gasteiger partial charge in [0.1, 0.15) is 5.82 Å². The molecule has 4 nitrogen and oxygen atoms in total.